The Labute approximate surface area is 182 Å². The molecule has 3 rings (SSSR count). The van der Waals surface area contributed by atoms with Crippen LogP contribution < -0.4 is 16.0 Å². The predicted molar refractivity (Wildman–Crippen MR) is 119 cm³/mol. The maximum atomic E-state index is 14.6. The molecule has 7 heteroatoms. The lowest BCUT2D eigenvalue weighted by atomic mass is 9.98. The Morgan fingerprint density at radius 2 is 1.60 bits per heavy atom. The fourth-order valence-electron chi connectivity index (χ4n) is 2.94. The molecule has 0 bridgehead atoms. The fraction of sp³-hybridized carbons (Fsp3) is 0.130. The number of nitrogens with one attached hydrogen (secondary N) is 3. The number of carbonyl (C=O) groups is 2. The van der Waals surface area contributed by atoms with Crippen LogP contribution in [0.1, 0.15) is 23.6 Å². The highest BCUT2D eigenvalue weighted by molar-refractivity contribution is 9.10. The van der Waals surface area contributed by atoms with E-state index < -0.39 is 17.9 Å². The van der Waals surface area contributed by atoms with Crippen LogP contribution in [-0.2, 0) is 4.79 Å². The van der Waals surface area contributed by atoms with Gasteiger partial charge in [-0.25, -0.2) is 9.18 Å². The van der Waals surface area contributed by atoms with Gasteiger partial charge >= 0.3 is 6.03 Å². The van der Waals surface area contributed by atoms with E-state index in [0.29, 0.717) is 15.7 Å². The number of para-hydroxylation sites is 1. The van der Waals surface area contributed by atoms with Gasteiger partial charge in [-0.15, -0.1) is 0 Å². The SMILES string of the molecule is O=C(CCNC(=O)Nc1ccccc1)NC(c1ccccc1)c1ccc(Br)cc1F. The maximum Gasteiger partial charge on any atom is 0.319 e. The molecule has 0 saturated carbocycles. The minimum Gasteiger partial charge on any atom is -0.345 e. The number of urea groups is 1. The summed E-state index contributed by atoms with van der Waals surface area (Å²) in [5.41, 5.74) is 1.80. The summed E-state index contributed by atoms with van der Waals surface area (Å²) in [6.45, 7) is 0.148. The molecule has 0 fully saturated rings. The van der Waals surface area contributed by atoms with E-state index in [2.05, 4.69) is 31.9 Å². The van der Waals surface area contributed by atoms with Crippen molar-refractivity contribution in [2.45, 2.75) is 12.5 Å². The van der Waals surface area contributed by atoms with E-state index in [4.69, 9.17) is 0 Å². The van der Waals surface area contributed by atoms with Gasteiger partial charge in [0, 0.05) is 28.7 Å². The van der Waals surface area contributed by atoms with E-state index in [1.54, 1.807) is 24.3 Å². The molecule has 30 heavy (non-hydrogen) atoms. The molecule has 0 heterocycles. The van der Waals surface area contributed by atoms with Gasteiger partial charge in [0.15, 0.2) is 0 Å². The van der Waals surface area contributed by atoms with Gasteiger partial charge in [-0.1, -0.05) is 70.5 Å². The Morgan fingerprint density at radius 3 is 2.27 bits per heavy atom. The minimum atomic E-state index is -0.634. The molecule has 0 aromatic heterocycles. The van der Waals surface area contributed by atoms with Crippen molar-refractivity contribution < 1.29 is 14.0 Å². The zero-order chi connectivity index (χ0) is 21.3. The Kier molecular flexibility index (Phi) is 7.57. The van der Waals surface area contributed by atoms with Crippen LogP contribution in [0.3, 0.4) is 0 Å². The molecule has 3 aromatic rings. The average molecular weight is 470 g/mol. The Bertz CT molecular complexity index is 1000. The van der Waals surface area contributed by atoms with Crippen LogP contribution >= 0.6 is 15.9 Å². The molecule has 0 radical (unpaired) electrons. The van der Waals surface area contributed by atoms with Crippen molar-refractivity contribution in [2.75, 3.05) is 11.9 Å². The number of anilines is 1. The van der Waals surface area contributed by atoms with Crippen LogP contribution in [-0.4, -0.2) is 18.5 Å². The number of hydrogen-bond acceptors (Lipinski definition) is 2. The molecule has 5 nitrogen and oxygen atoms in total. The highest BCUT2D eigenvalue weighted by Crippen LogP contribution is 2.26. The first-order chi connectivity index (χ1) is 14.5. The van der Waals surface area contributed by atoms with E-state index in [1.165, 1.54) is 6.07 Å². The number of amides is 3. The topological polar surface area (TPSA) is 70.2 Å². The summed E-state index contributed by atoms with van der Waals surface area (Å²) in [5.74, 6) is -0.718. The first-order valence-corrected chi connectivity index (χ1v) is 10.2. The lowest BCUT2D eigenvalue weighted by molar-refractivity contribution is -0.121. The van der Waals surface area contributed by atoms with Gasteiger partial charge in [-0.3, -0.25) is 4.79 Å². The van der Waals surface area contributed by atoms with Crippen LogP contribution in [0, 0.1) is 5.82 Å². The standard InChI is InChI=1S/C23H21BrFN3O2/c24-17-11-12-19(20(25)15-17)22(16-7-3-1-4-8-16)28-21(29)13-14-26-23(30)27-18-9-5-2-6-10-18/h1-12,15,22H,13-14H2,(H,28,29)(H2,26,27,30). The molecule has 154 valence electrons. The second-order valence-electron chi connectivity index (χ2n) is 6.57. The molecule has 0 saturated heterocycles. The van der Waals surface area contributed by atoms with Crippen LogP contribution in [0.25, 0.3) is 0 Å². The van der Waals surface area contributed by atoms with Crippen molar-refractivity contribution in [2.24, 2.45) is 0 Å². The Morgan fingerprint density at radius 1 is 0.933 bits per heavy atom. The number of hydrogen-bond donors (Lipinski definition) is 3. The number of rotatable bonds is 7. The van der Waals surface area contributed by atoms with Gasteiger partial charge in [0.2, 0.25) is 5.91 Å². The van der Waals surface area contributed by atoms with Gasteiger partial charge in [-0.05, 0) is 29.8 Å². The molecule has 3 N–H and O–H groups in total. The second-order valence-corrected chi connectivity index (χ2v) is 7.49. The molecule has 1 unspecified atom stereocenters. The fourth-order valence-corrected chi connectivity index (χ4v) is 3.27. The van der Waals surface area contributed by atoms with Crippen molar-refractivity contribution in [3.05, 3.63) is 100 Å². The molecule has 3 amide bonds. The second kappa shape index (κ2) is 10.5. The summed E-state index contributed by atoms with van der Waals surface area (Å²) in [6, 6.07) is 21.9. The molecule has 0 aliphatic heterocycles. The highest BCUT2D eigenvalue weighted by Gasteiger charge is 2.20. The quantitative estimate of drug-likeness (QED) is 0.455. The lowest BCUT2D eigenvalue weighted by Crippen LogP contribution is -2.35. The van der Waals surface area contributed by atoms with E-state index in [9.17, 15) is 14.0 Å². The van der Waals surface area contributed by atoms with Gasteiger partial charge in [-0.2, -0.15) is 0 Å². The van der Waals surface area contributed by atoms with Gasteiger partial charge in [0.25, 0.3) is 0 Å². The molecule has 0 aliphatic carbocycles. The Balaban J connectivity index is 1.60. The van der Waals surface area contributed by atoms with Crippen molar-refractivity contribution in [1.82, 2.24) is 10.6 Å². The third-order valence-electron chi connectivity index (χ3n) is 4.38. The largest absolute Gasteiger partial charge is 0.345 e. The van der Waals surface area contributed by atoms with Crippen LogP contribution in [0.4, 0.5) is 14.9 Å². The third-order valence-corrected chi connectivity index (χ3v) is 4.87. The molecule has 0 aliphatic rings. The summed E-state index contributed by atoms with van der Waals surface area (Å²) in [4.78, 5) is 24.4. The summed E-state index contributed by atoms with van der Waals surface area (Å²) in [5, 5.41) is 8.19. The van der Waals surface area contributed by atoms with E-state index >= 15 is 0 Å². The Hall–Kier alpha value is -3.19. The van der Waals surface area contributed by atoms with E-state index in [1.807, 2.05) is 48.5 Å². The predicted octanol–water partition coefficient (Wildman–Crippen LogP) is 5.01. The zero-order valence-corrected chi connectivity index (χ0v) is 17.7. The monoisotopic (exact) mass is 469 g/mol. The average Bonchev–Trinajstić information content (AvgIpc) is 2.74. The van der Waals surface area contributed by atoms with E-state index in [0.717, 1.165) is 5.56 Å². The zero-order valence-electron chi connectivity index (χ0n) is 16.1. The normalized spacial score (nSPS) is 11.4. The maximum absolute atomic E-state index is 14.6. The van der Waals surface area contributed by atoms with Gasteiger partial charge < -0.3 is 16.0 Å². The van der Waals surface area contributed by atoms with Crippen molar-refractivity contribution in [1.29, 1.82) is 0 Å². The van der Waals surface area contributed by atoms with Crippen LogP contribution in [0.15, 0.2) is 83.3 Å². The third kappa shape index (κ3) is 6.15. The van der Waals surface area contributed by atoms with Crippen molar-refractivity contribution in [3.63, 3.8) is 0 Å². The first kappa shape index (κ1) is 21.5. The van der Waals surface area contributed by atoms with E-state index in [-0.39, 0.29) is 18.9 Å². The molecular formula is C23H21BrFN3O2. The van der Waals surface area contributed by atoms with Crippen molar-refractivity contribution >= 4 is 33.6 Å². The molecule has 0 spiro atoms. The van der Waals surface area contributed by atoms with Crippen molar-refractivity contribution in [3.8, 4) is 0 Å². The highest BCUT2D eigenvalue weighted by atomic mass is 79.9. The number of carbonyl (C=O) groups excluding carboxylic acids is 2. The van der Waals surface area contributed by atoms with Crippen LogP contribution in [0.5, 0.6) is 0 Å². The van der Waals surface area contributed by atoms with Crippen LogP contribution in [0.2, 0.25) is 0 Å². The minimum absolute atomic E-state index is 0.0592. The molecular weight excluding hydrogens is 449 g/mol. The summed E-state index contributed by atoms with van der Waals surface area (Å²) in [6.07, 6.45) is 0.0592. The summed E-state index contributed by atoms with van der Waals surface area (Å²) < 4.78 is 15.2. The lowest BCUT2D eigenvalue weighted by Gasteiger charge is -2.21. The molecule has 1 atom stereocenters. The number of halogens is 2. The number of benzene rings is 3. The van der Waals surface area contributed by atoms with Gasteiger partial charge in [0.1, 0.15) is 5.82 Å². The van der Waals surface area contributed by atoms with Gasteiger partial charge in [0.05, 0.1) is 6.04 Å². The smallest absolute Gasteiger partial charge is 0.319 e. The first-order valence-electron chi connectivity index (χ1n) is 9.42. The summed E-state index contributed by atoms with van der Waals surface area (Å²) in [7, 11) is 0. The summed E-state index contributed by atoms with van der Waals surface area (Å²) >= 11 is 3.25. The molecule has 3 aromatic carbocycles.